The smallest absolute Gasteiger partial charge is 0.130 e. The highest BCUT2D eigenvalue weighted by molar-refractivity contribution is 5.68. The van der Waals surface area contributed by atoms with Crippen LogP contribution < -0.4 is 0 Å². The summed E-state index contributed by atoms with van der Waals surface area (Å²) in [5, 5.41) is 0. The number of hydrogen-bond acceptors (Lipinski definition) is 1. The molecule has 1 aliphatic rings. The van der Waals surface area contributed by atoms with E-state index in [1.165, 1.54) is 24.8 Å². The van der Waals surface area contributed by atoms with Crippen LogP contribution in [0.1, 0.15) is 37.7 Å². The summed E-state index contributed by atoms with van der Waals surface area (Å²) in [4.78, 5) is 11.3. The van der Waals surface area contributed by atoms with Gasteiger partial charge in [-0.2, -0.15) is 0 Å². The van der Waals surface area contributed by atoms with Crippen molar-refractivity contribution in [3.63, 3.8) is 0 Å². The van der Waals surface area contributed by atoms with Gasteiger partial charge in [0.1, 0.15) is 6.29 Å². The van der Waals surface area contributed by atoms with Crippen LogP contribution in [0.5, 0.6) is 0 Å². The van der Waals surface area contributed by atoms with Gasteiger partial charge in [-0.3, -0.25) is 0 Å². The molecule has 0 amide bonds. The van der Waals surface area contributed by atoms with Crippen molar-refractivity contribution in [1.82, 2.24) is 0 Å². The lowest BCUT2D eigenvalue weighted by Gasteiger charge is -2.32. The molecule has 14 heavy (non-hydrogen) atoms. The molecular formula is C13H15O. The number of carbonyl (C=O) groups is 1. The number of hydrogen-bond donors (Lipinski definition) is 0. The summed E-state index contributed by atoms with van der Waals surface area (Å²) in [7, 11) is 0. The monoisotopic (exact) mass is 187 g/mol. The number of rotatable bonds is 2. The minimum absolute atomic E-state index is 0.187. The fourth-order valence-corrected chi connectivity index (χ4v) is 2.38. The van der Waals surface area contributed by atoms with Gasteiger partial charge < -0.3 is 4.79 Å². The summed E-state index contributed by atoms with van der Waals surface area (Å²) >= 11 is 0. The molecule has 0 spiro atoms. The Hall–Kier alpha value is -1.11. The molecule has 0 saturated heterocycles. The molecule has 73 valence electrons. The van der Waals surface area contributed by atoms with Crippen molar-refractivity contribution in [3.05, 3.63) is 35.9 Å². The van der Waals surface area contributed by atoms with E-state index in [1.54, 1.807) is 0 Å². The summed E-state index contributed by atoms with van der Waals surface area (Å²) in [6, 6.07) is 10.8. The Labute approximate surface area is 85.1 Å². The molecule has 1 radical (unpaired) electrons. The largest absolute Gasteiger partial charge is 0.302 e. The van der Waals surface area contributed by atoms with E-state index in [-0.39, 0.29) is 5.41 Å². The second-order valence-electron chi connectivity index (χ2n) is 4.12. The van der Waals surface area contributed by atoms with Crippen LogP contribution in [0.15, 0.2) is 24.3 Å². The van der Waals surface area contributed by atoms with Crippen molar-refractivity contribution in [1.29, 1.82) is 0 Å². The molecule has 0 bridgehead atoms. The zero-order valence-corrected chi connectivity index (χ0v) is 8.33. The maximum atomic E-state index is 11.3. The second kappa shape index (κ2) is 3.95. The summed E-state index contributed by atoms with van der Waals surface area (Å²) in [6.07, 6.45) is 6.81. The van der Waals surface area contributed by atoms with Gasteiger partial charge in [-0.1, -0.05) is 43.5 Å². The number of carbonyl (C=O) groups excluding carboxylic acids is 1. The van der Waals surface area contributed by atoms with Crippen molar-refractivity contribution in [2.75, 3.05) is 0 Å². The van der Waals surface area contributed by atoms with Crippen LogP contribution in [0.25, 0.3) is 0 Å². The van der Waals surface area contributed by atoms with Crippen molar-refractivity contribution < 1.29 is 4.79 Å². The van der Waals surface area contributed by atoms with E-state index < -0.39 is 0 Å². The second-order valence-corrected chi connectivity index (χ2v) is 4.12. The van der Waals surface area contributed by atoms with Crippen LogP contribution in [0.4, 0.5) is 0 Å². The van der Waals surface area contributed by atoms with E-state index in [9.17, 15) is 4.79 Å². The first kappa shape index (κ1) is 9.45. The lowest BCUT2D eigenvalue weighted by molar-refractivity contribution is -0.113. The molecule has 1 aromatic carbocycles. The highest BCUT2D eigenvalue weighted by Gasteiger charge is 2.33. The van der Waals surface area contributed by atoms with Crippen LogP contribution in [-0.4, -0.2) is 6.29 Å². The van der Waals surface area contributed by atoms with Crippen LogP contribution in [-0.2, 0) is 10.2 Å². The topological polar surface area (TPSA) is 17.1 Å². The molecule has 0 N–H and O–H groups in total. The first-order valence-corrected chi connectivity index (χ1v) is 5.30. The average Bonchev–Trinajstić information content (AvgIpc) is 2.31. The van der Waals surface area contributed by atoms with E-state index in [1.807, 2.05) is 24.3 Å². The number of benzene rings is 1. The molecule has 2 rings (SSSR count). The van der Waals surface area contributed by atoms with Gasteiger partial charge in [-0.25, -0.2) is 0 Å². The summed E-state index contributed by atoms with van der Waals surface area (Å²) in [5.41, 5.74) is 0.985. The standard InChI is InChI=1S/C13H15O/c14-11-13(9-5-2-6-10-13)12-7-3-1-4-8-12/h3-4,7-8,11H,2,5-6,9-10H2. The van der Waals surface area contributed by atoms with Gasteiger partial charge in [-0.15, -0.1) is 0 Å². The van der Waals surface area contributed by atoms with E-state index >= 15 is 0 Å². The Morgan fingerprint density at radius 2 is 1.79 bits per heavy atom. The summed E-state index contributed by atoms with van der Waals surface area (Å²) in [6.45, 7) is 0. The fourth-order valence-electron chi connectivity index (χ4n) is 2.38. The van der Waals surface area contributed by atoms with E-state index in [0.717, 1.165) is 19.1 Å². The van der Waals surface area contributed by atoms with E-state index in [0.29, 0.717) is 0 Å². The molecule has 1 heteroatoms. The van der Waals surface area contributed by atoms with Crippen LogP contribution >= 0.6 is 0 Å². The first-order valence-electron chi connectivity index (χ1n) is 5.30. The SMILES string of the molecule is O=CC1(c2cc[c]cc2)CCCCC1. The third kappa shape index (κ3) is 1.59. The van der Waals surface area contributed by atoms with Crippen LogP contribution in [0.2, 0.25) is 0 Å². The minimum atomic E-state index is -0.187. The van der Waals surface area contributed by atoms with Crippen molar-refractivity contribution >= 4 is 6.29 Å². The normalized spacial score (nSPS) is 20.3. The zero-order valence-electron chi connectivity index (χ0n) is 8.33. The van der Waals surface area contributed by atoms with Gasteiger partial charge in [-0.05, 0) is 24.5 Å². The molecule has 0 aromatic heterocycles. The third-order valence-electron chi connectivity index (χ3n) is 3.26. The molecule has 1 aromatic rings. The van der Waals surface area contributed by atoms with Gasteiger partial charge >= 0.3 is 0 Å². The highest BCUT2D eigenvalue weighted by atomic mass is 16.1. The van der Waals surface area contributed by atoms with Gasteiger partial charge in [0.2, 0.25) is 0 Å². The summed E-state index contributed by atoms with van der Waals surface area (Å²) < 4.78 is 0. The first-order chi connectivity index (χ1) is 6.87. The molecule has 1 saturated carbocycles. The molecular weight excluding hydrogens is 172 g/mol. The Bertz CT molecular complexity index is 296. The molecule has 0 unspecified atom stereocenters. The summed E-state index contributed by atoms with van der Waals surface area (Å²) in [5.74, 6) is 0. The molecule has 1 aliphatic carbocycles. The van der Waals surface area contributed by atoms with Crippen molar-refractivity contribution in [3.8, 4) is 0 Å². The van der Waals surface area contributed by atoms with Crippen molar-refractivity contribution in [2.45, 2.75) is 37.5 Å². The van der Waals surface area contributed by atoms with E-state index in [4.69, 9.17) is 0 Å². The Balaban J connectivity index is 2.32. The van der Waals surface area contributed by atoms with Gasteiger partial charge in [0.25, 0.3) is 0 Å². The minimum Gasteiger partial charge on any atom is -0.302 e. The lowest BCUT2D eigenvalue weighted by atomic mass is 9.70. The molecule has 0 atom stereocenters. The van der Waals surface area contributed by atoms with Crippen molar-refractivity contribution in [2.24, 2.45) is 0 Å². The number of aldehydes is 1. The zero-order chi connectivity index (χ0) is 9.86. The third-order valence-corrected chi connectivity index (χ3v) is 3.26. The van der Waals surface area contributed by atoms with E-state index in [2.05, 4.69) is 6.07 Å². The molecule has 1 fully saturated rings. The molecule has 0 aliphatic heterocycles. The maximum Gasteiger partial charge on any atom is 0.130 e. The van der Waals surface area contributed by atoms with Gasteiger partial charge in [0.15, 0.2) is 0 Å². The Kier molecular flexibility index (Phi) is 2.67. The Morgan fingerprint density at radius 1 is 1.14 bits per heavy atom. The van der Waals surface area contributed by atoms with Crippen LogP contribution in [0.3, 0.4) is 0 Å². The van der Waals surface area contributed by atoms with Gasteiger partial charge in [0, 0.05) is 0 Å². The molecule has 0 heterocycles. The van der Waals surface area contributed by atoms with Crippen LogP contribution in [0, 0.1) is 6.07 Å². The highest BCUT2D eigenvalue weighted by Crippen LogP contribution is 2.37. The Morgan fingerprint density at radius 3 is 2.36 bits per heavy atom. The van der Waals surface area contributed by atoms with Gasteiger partial charge in [0.05, 0.1) is 5.41 Å². The lowest BCUT2D eigenvalue weighted by Crippen LogP contribution is -2.30. The predicted molar refractivity (Wildman–Crippen MR) is 56.1 cm³/mol. The predicted octanol–water partition coefficient (Wildman–Crippen LogP) is 2.89. The quantitative estimate of drug-likeness (QED) is 0.651. The fraction of sp³-hybridized carbons (Fsp3) is 0.462. The average molecular weight is 187 g/mol. The maximum absolute atomic E-state index is 11.3. The molecule has 1 nitrogen and oxygen atoms in total.